The van der Waals surface area contributed by atoms with Crippen LogP contribution < -0.4 is 5.32 Å². The van der Waals surface area contributed by atoms with Crippen molar-refractivity contribution in [2.45, 2.75) is 57.0 Å². The Kier molecular flexibility index (Phi) is 3.48. The van der Waals surface area contributed by atoms with E-state index in [-0.39, 0.29) is 0 Å². The Bertz CT molecular complexity index is 444. The van der Waals surface area contributed by atoms with E-state index < -0.39 is 0 Å². The van der Waals surface area contributed by atoms with E-state index in [4.69, 9.17) is 4.52 Å². The first-order chi connectivity index (χ1) is 9.87. The molecule has 0 bridgehead atoms. The van der Waals surface area contributed by atoms with Gasteiger partial charge in [0, 0.05) is 12.0 Å². The molecule has 2 aliphatic carbocycles. The van der Waals surface area contributed by atoms with Gasteiger partial charge in [-0.2, -0.15) is 4.98 Å². The maximum absolute atomic E-state index is 5.37. The van der Waals surface area contributed by atoms with Crippen molar-refractivity contribution in [2.24, 2.45) is 5.92 Å². The van der Waals surface area contributed by atoms with Crippen molar-refractivity contribution in [3.63, 3.8) is 0 Å². The lowest BCUT2D eigenvalue weighted by Gasteiger charge is -2.31. The number of rotatable bonds is 6. The molecule has 0 unspecified atom stereocenters. The van der Waals surface area contributed by atoms with Gasteiger partial charge in [-0.1, -0.05) is 5.16 Å². The number of hydrogen-bond acceptors (Lipinski definition) is 5. The summed E-state index contributed by atoms with van der Waals surface area (Å²) < 4.78 is 5.37. The van der Waals surface area contributed by atoms with Gasteiger partial charge in [-0.15, -0.1) is 0 Å². The average Bonchev–Trinajstić information content (AvgIpc) is 3.39. The van der Waals surface area contributed by atoms with Crippen molar-refractivity contribution in [3.05, 3.63) is 11.7 Å². The molecule has 0 radical (unpaired) electrons. The van der Waals surface area contributed by atoms with Gasteiger partial charge in [-0.05, 0) is 64.1 Å². The van der Waals surface area contributed by atoms with Crippen LogP contribution in [0.25, 0.3) is 0 Å². The van der Waals surface area contributed by atoms with Crippen molar-refractivity contribution in [2.75, 3.05) is 19.6 Å². The number of likely N-dealkylation sites (tertiary alicyclic amines) is 1. The Morgan fingerprint density at radius 1 is 1.10 bits per heavy atom. The Hall–Kier alpha value is -0.940. The molecule has 2 heterocycles. The fourth-order valence-electron chi connectivity index (χ4n) is 3.00. The van der Waals surface area contributed by atoms with Crippen LogP contribution in [0.5, 0.6) is 0 Å². The van der Waals surface area contributed by atoms with Gasteiger partial charge in [-0.3, -0.25) is 4.90 Å². The van der Waals surface area contributed by atoms with Gasteiger partial charge in [-0.25, -0.2) is 0 Å². The third-order valence-electron chi connectivity index (χ3n) is 4.76. The molecule has 1 aromatic rings. The van der Waals surface area contributed by atoms with E-state index in [0.717, 1.165) is 43.3 Å². The monoisotopic (exact) mass is 276 g/mol. The fraction of sp³-hybridized carbons (Fsp3) is 0.867. The highest BCUT2D eigenvalue weighted by atomic mass is 16.5. The minimum absolute atomic E-state index is 0.590. The molecule has 1 aliphatic heterocycles. The van der Waals surface area contributed by atoms with Gasteiger partial charge < -0.3 is 9.84 Å². The van der Waals surface area contributed by atoms with Crippen LogP contribution in [0.2, 0.25) is 0 Å². The van der Waals surface area contributed by atoms with Crippen LogP contribution in [0, 0.1) is 5.92 Å². The third kappa shape index (κ3) is 3.20. The third-order valence-corrected chi connectivity index (χ3v) is 4.76. The van der Waals surface area contributed by atoms with Crippen molar-refractivity contribution in [1.29, 1.82) is 0 Å². The molecular weight excluding hydrogens is 252 g/mol. The topological polar surface area (TPSA) is 54.2 Å². The molecule has 1 aromatic heterocycles. The summed E-state index contributed by atoms with van der Waals surface area (Å²) in [7, 11) is 0. The minimum Gasteiger partial charge on any atom is -0.338 e. The first-order valence-electron chi connectivity index (χ1n) is 8.15. The summed E-state index contributed by atoms with van der Waals surface area (Å²) in [6, 6.07) is 0.840. The van der Waals surface area contributed by atoms with Crippen molar-refractivity contribution >= 4 is 0 Å². The molecule has 5 heteroatoms. The van der Waals surface area contributed by atoms with E-state index in [1.165, 1.54) is 45.1 Å². The number of aromatic nitrogens is 2. The molecule has 0 atom stereocenters. The zero-order chi connectivity index (χ0) is 13.4. The van der Waals surface area contributed by atoms with Crippen LogP contribution in [0.4, 0.5) is 0 Å². The van der Waals surface area contributed by atoms with E-state index in [1.807, 2.05) is 0 Å². The molecule has 0 spiro atoms. The summed E-state index contributed by atoms with van der Waals surface area (Å²) in [4.78, 5) is 6.98. The molecule has 1 N–H and O–H groups in total. The molecule has 20 heavy (non-hydrogen) atoms. The van der Waals surface area contributed by atoms with Crippen LogP contribution in [-0.4, -0.2) is 40.7 Å². The number of nitrogens with zero attached hydrogens (tertiary/aromatic N) is 3. The maximum Gasteiger partial charge on any atom is 0.240 e. The highest BCUT2D eigenvalue weighted by molar-refractivity contribution is 5.03. The number of hydrogen-bond donors (Lipinski definition) is 1. The van der Waals surface area contributed by atoms with E-state index in [9.17, 15) is 0 Å². The van der Waals surface area contributed by atoms with Crippen LogP contribution in [-0.2, 0) is 6.54 Å². The molecular formula is C15H24N4O. The number of piperidine rings is 1. The molecule has 1 saturated heterocycles. The van der Waals surface area contributed by atoms with E-state index in [0.29, 0.717) is 5.92 Å². The number of nitrogens with one attached hydrogen (secondary N) is 1. The summed E-state index contributed by atoms with van der Waals surface area (Å²) in [6.07, 6.45) is 7.84. The standard InChI is InChI=1S/C15H24N4O/c1-2-12(1)15-17-14(20-18-15)10-19-7-5-11(6-8-19)9-16-13-3-4-13/h11-13,16H,1-10H2. The lowest BCUT2D eigenvalue weighted by Crippen LogP contribution is -2.37. The van der Waals surface area contributed by atoms with Crippen LogP contribution in [0.3, 0.4) is 0 Å². The summed E-state index contributed by atoms with van der Waals surface area (Å²) in [5.41, 5.74) is 0. The molecule has 0 amide bonds. The van der Waals surface area contributed by atoms with Gasteiger partial charge in [0.15, 0.2) is 5.82 Å². The molecule has 3 fully saturated rings. The summed E-state index contributed by atoms with van der Waals surface area (Å²) in [5.74, 6) is 3.19. The summed E-state index contributed by atoms with van der Waals surface area (Å²) in [5, 5.41) is 7.75. The lowest BCUT2D eigenvalue weighted by molar-refractivity contribution is 0.157. The Balaban J connectivity index is 1.21. The summed E-state index contributed by atoms with van der Waals surface area (Å²) in [6.45, 7) is 4.38. The Morgan fingerprint density at radius 2 is 1.90 bits per heavy atom. The first-order valence-corrected chi connectivity index (χ1v) is 8.15. The van der Waals surface area contributed by atoms with Gasteiger partial charge in [0.25, 0.3) is 0 Å². The van der Waals surface area contributed by atoms with Gasteiger partial charge in [0.2, 0.25) is 5.89 Å². The van der Waals surface area contributed by atoms with Gasteiger partial charge in [0.05, 0.1) is 6.54 Å². The van der Waals surface area contributed by atoms with Crippen molar-refractivity contribution in [1.82, 2.24) is 20.4 Å². The van der Waals surface area contributed by atoms with Crippen LogP contribution in [0.15, 0.2) is 4.52 Å². The van der Waals surface area contributed by atoms with Crippen molar-refractivity contribution in [3.8, 4) is 0 Å². The van der Waals surface area contributed by atoms with Crippen molar-refractivity contribution < 1.29 is 4.52 Å². The Morgan fingerprint density at radius 3 is 2.60 bits per heavy atom. The first kappa shape index (κ1) is 12.8. The molecule has 110 valence electrons. The summed E-state index contributed by atoms with van der Waals surface area (Å²) >= 11 is 0. The van der Waals surface area contributed by atoms with Crippen LogP contribution >= 0.6 is 0 Å². The second-order valence-electron chi connectivity index (χ2n) is 6.72. The molecule has 3 aliphatic rings. The van der Waals surface area contributed by atoms with E-state index in [1.54, 1.807) is 0 Å². The average molecular weight is 276 g/mol. The highest BCUT2D eigenvalue weighted by Crippen LogP contribution is 2.38. The second kappa shape index (κ2) is 5.45. The second-order valence-corrected chi connectivity index (χ2v) is 6.72. The highest BCUT2D eigenvalue weighted by Gasteiger charge is 2.29. The Labute approximate surface area is 120 Å². The van der Waals surface area contributed by atoms with E-state index >= 15 is 0 Å². The predicted octanol–water partition coefficient (Wildman–Crippen LogP) is 1.91. The van der Waals surface area contributed by atoms with Gasteiger partial charge in [0.1, 0.15) is 0 Å². The lowest BCUT2D eigenvalue weighted by atomic mass is 9.97. The minimum atomic E-state index is 0.590. The van der Waals surface area contributed by atoms with E-state index in [2.05, 4.69) is 20.4 Å². The molecule has 2 saturated carbocycles. The normalized spacial score (nSPS) is 25.2. The smallest absolute Gasteiger partial charge is 0.240 e. The molecule has 0 aromatic carbocycles. The SMILES string of the molecule is C1CN(Cc2nc(C3CC3)no2)CCC1CNC1CC1. The zero-order valence-corrected chi connectivity index (χ0v) is 12.1. The molecule has 4 rings (SSSR count). The van der Waals surface area contributed by atoms with Crippen LogP contribution in [0.1, 0.15) is 56.2 Å². The maximum atomic E-state index is 5.37. The quantitative estimate of drug-likeness (QED) is 0.860. The zero-order valence-electron chi connectivity index (χ0n) is 12.1. The largest absolute Gasteiger partial charge is 0.338 e. The van der Waals surface area contributed by atoms with Gasteiger partial charge >= 0.3 is 0 Å². The molecule has 5 nitrogen and oxygen atoms in total. The fourth-order valence-corrected chi connectivity index (χ4v) is 3.00. The predicted molar refractivity (Wildman–Crippen MR) is 75.3 cm³/mol.